The van der Waals surface area contributed by atoms with Crippen LogP contribution in [0.5, 0.6) is 5.75 Å². The number of rotatable bonds is 6. The number of sulfonamides is 1. The Kier molecular flexibility index (Phi) is 5.41. The number of nitrogens with one attached hydrogen (secondary N) is 1. The van der Waals surface area contributed by atoms with Crippen molar-refractivity contribution in [1.29, 1.82) is 0 Å². The van der Waals surface area contributed by atoms with Gasteiger partial charge in [0, 0.05) is 0 Å². The zero-order valence-electron chi connectivity index (χ0n) is 13.5. The molecule has 0 fully saturated rings. The molecule has 0 bridgehead atoms. The van der Waals surface area contributed by atoms with Gasteiger partial charge in [0.05, 0.1) is 22.6 Å². The fraction of sp³-hybridized carbons (Fsp3) is 0.600. The molecular formula is C15H25NO4S. The Bertz CT molecular complexity index is 592. The average molecular weight is 315 g/mol. The second kappa shape index (κ2) is 6.34. The highest BCUT2D eigenvalue weighted by molar-refractivity contribution is 7.89. The molecule has 0 saturated carbocycles. The molecule has 0 radical (unpaired) electrons. The third-order valence-corrected chi connectivity index (χ3v) is 4.93. The summed E-state index contributed by atoms with van der Waals surface area (Å²) in [7, 11) is -3.70. The Labute approximate surface area is 127 Å². The van der Waals surface area contributed by atoms with Crippen LogP contribution in [-0.2, 0) is 10.0 Å². The van der Waals surface area contributed by atoms with Gasteiger partial charge in [-0.2, -0.15) is 0 Å². The highest BCUT2D eigenvalue weighted by Crippen LogP contribution is 2.24. The van der Waals surface area contributed by atoms with Gasteiger partial charge in [-0.15, -0.1) is 0 Å². The van der Waals surface area contributed by atoms with Gasteiger partial charge in [-0.3, -0.25) is 0 Å². The number of ether oxygens (including phenoxy) is 1. The van der Waals surface area contributed by atoms with Crippen LogP contribution < -0.4 is 9.46 Å². The quantitative estimate of drug-likeness (QED) is 0.844. The molecule has 0 aliphatic rings. The Morgan fingerprint density at radius 2 is 1.81 bits per heavy atom. The number of benzene rings is 1. The van der Waals surface area contributed by atoms with Gasteiger partial charge >= 0.3 is 0 Å². The normalized spacial score (nSPS) is 14.3. The Balaban J connectivity index is 3.08. The minimum absolute atomic E-state index is 0.0263. The minimum Gasteiger partial charge on any atom is -0.491 e. The lowest BCUT2D eigenvalue weighted by molar-refractivity contribution is 0.111. The first-order valence-corrected chi connectivity index (χ1v) is 8.43. The van der Waals surface area contributed by atoms with Crippen molar-refractivity contribution in [2.75, 3.05) is 0 Å². The van der Waals surface area contributed by atoms with Gasteiger partial charge in [-0.1, -0.05) is 0 Å². The second-order valence-electron chi connectivity index (χ2n) is 6.10. The molecule has 0 aromatic heterocycles. The van der Waals surface area contributed by atoms with Crippen LogP contribution in [0.25, 0.3) is 0 Å². The summed E-state index contributed by atoms with van der Waals surface area (Å²) >= 11 is 0. The van der Waals surface area contributed by atoms with E-state index in [0.29, 0.717) is 5.75 Å². The Morgan fingerprint density at radius 1 is 1.24 bits per heavy atom. The number of aliphatic hydroxyl groups is 1. The zero-order chi connectivity index (χ0) is 16.4. The summed E-state index contributed by atoms with van der Waals surface area (Å²) in [5, 5.41) is 9.64. The third kappa shape index (κ3) is 4.69. The molecule has 6 heteroatoms. The maximum atomic E-state index is 12.4. The molecule has 0 aliphatic carbocycles. The van der Waals surface area contributed by atoms with Gasteiger partial charge in [-0.25, -0.2) is 13.1 Å². The molecule has 5 nitrogen and oxygen atoms in total. The molecule has 21 heavy (non-hydrogen) atoms. The van der Waals surface area contributed by atoms with E-state index in [1.54, 1.807) is 39.8 Å². The highest BCUT2D eigenvalue weighted by atomic mass is 32.2. The van der Waals surface area contributed by atoms with Crippen molar-refractivity contribution < 1.29 is 18.3 Å². The van der Waals surface area contributed by atoms with Crippen LogP contribution in [-0.4, -0.2) is 31.3 Å². The first kappa shape index (κ1) is 17.9. The van der Waals surface area contributed by atoms with Crippen LogP contribution >= 0.6 is 0 Å². The molecule has 1 aromatic rings. The second-order valence-corrected chi connectivity index (χ2v) is 7.78. The molecule has 0 amide bonds. The van der Waals surface area contributed by atoms with E-state index >= 15 is 0 Å². The molecule has 0 saturated heterocycles. The van der Waals surface area contributed by atoms with Crippen LogP contribution in [0.2, 0.25) is 0 Å². The maximum Gasteiger partial charge on any atom is 0.241 e. The number of aliphatic hydroxyl groups excluding tert-OH is 1. The predicted molar refractivity (Wildman–Crippen MR) is 83.0 cm³/mol. The number of hydrogen-bond acceptors (Lipinski definition) is 4. The van der Waals surface area contributed by atoms with Gasteiger partial charge < -0.3 is 9.84 Å². The molecule has 1 atom stereocenters. The average Bonchev–Trinajstić information content (AvgIpc) is 2.29. The van der Waals surface area contributed by atoms with Gasteiger partial charge in [0.15, 0.2) is 0 Å². The minimum atomic E-state index is -3.70. The van der Waals surface area contributed by atoms with E-state index in [4.69, 9.17) is 4.74 Å². The monoisotopic (exact) mass is 315 g/mol. The highest BCUT2D eigenvalue weighted by Gasteiger charge is 2.30. The fourth-order valence-corrected chi connectivity index (χ4v) is 3.23. The van der Waals surface area contributed by atoms with Crippen LogP contribution in [0.1, 0.15) is 40.2 Å². The smallest absolute Gasteiger partial charge is 0.241 e. The topological polar surface area (TPSA) is 75.6 Å². The van der Waals surface area contributed by atoms with Gasteiger partial charge in [0.2, 0.25) is 10.0 Å². The van der Waals surface area contributed by atoms with E-state index in [0.717, 1.165) is 5.56 Å². The summed E-state index contributed by atoms with van der Waals surface area (Å²) in [5.41, 5.74) is -0.193. The number of aryl methyl sites for hydroxylation is 1. The Morgan fingerprint density at radius 3 is 2.24 bits per heavy atom. The van der Waals surface area contributed by atoms with Crippen molar-refractivity contribution in [1.82, 2.24) is 4.72 Å². The third-order valence-electron chi connectivity index (χ3n) is 3.26. The fourth-order valence-electron chi connectivity index (χ4n) is 1.67. The lowest BCUT2D eigenvalue weighted by Gasteiger charge is -2.29. The van der Waals surface area contributed by atoms with Crippen molar-refractivity contribution in [2.45, 2.75) is 64.2 Å². The van der Waals surface area contributed by atoms with Gasteiger partial charge in [0.25, 0.3) is 0 Å². The molecular weight excluding hydrogens is 290 g/mol. The van der Waals surface area contributed by atoms with Crippen molar-refractivity contribution in [3.8, 4) is 5.75 Å². The summed E-state index contributed by atoms with van der Waals surface area (Å²) < 4.78 is 32.9. The largest absolute Gasteiger partial charge is 0.491 e. The van der Waals surface area contributed by atoms with Crippen molar-refractivity contribution in [2.24, 2.45) is 0 Å². The summed E-state index contributed by atoms with van der Waals surface area (Å²) in [5.74, 6) is 0.665. The van der Waals surface area contributed by atoms with E-state index in [2.05, 4.69) is 4.72 Å². The van der Waals surface area contributed by atoms with E-state index < -0.39 is 21.7 Å². The molecule has 0 heterocycles. The summed E-state index contributed by atoms with van der Waals surface area (Å²) in [6.45, 7) is 10.5. The molecule has 120 valence electrons. The predicted octanol–water partition coefficient (Wildman–Crippen LogP) is 2.22. The number of hydrogen-bond donors (Lipinski definition) is 2. The van der Waals surface area contributed by atoms with Crippen LogP contribution in [0.3, 0.4) is 0 Å². The van der Waals surface area contributed by atoms with Crippen LogP contribution in [0.15, 0.2) is 23.1 Å². The van der Waals surface area contributed by atoms with E-state index in [-0.39, 0.29) is 11.0 Å². The summed E-state index contributed by atoms with van der Waals surface area (Å²) in [6.07, 6.45) is -0.782. The lowest BCUT2D eigenvalue weighted by Crippen LogP contribution is -2.50. The maximum absolute atomic E-state index is 12.4. The first-order chi connectivity index (χ1) is 9.45. The van der Waals surface area contributed by atoms with Crippen molar-refractivity contribution in [3.63, 3.8) is 0 Å². The zero-order valence-corrected chi connectivity index (χ0v) is 14.3. The first-order valence-electron chi connectivity index (χ1n) is 6.95. The molecule has 1 rings (SSSR count). The van der Waals surface area contributed by atoms with E-state index in [1.807, 2.05) is 13.8 Å². The van der Waals surface area contributed by atoms with E-state index in [9.17, 15) is 13.5 Å². The molecule has 0 spiro atoms. The molecule has 2 N–H and O–H groups in total. The van der Waals surface area contributed by atoms with Crippen LogP contribution in [0, 0.1) is 6.92 Å². The van der Waals surface area contributed by atoms with Gasteiger partial charge in [-0.05, 0) is 65.3 Å². The van der Waals surface area contributed by atoms with Gasteiger partial charge in [0.1, 0.15) is 5.75 Å². The molecule has 0 aliphatic heterocycles. The summed E-state index contributed by atoms with van der Waals surface area (Å²) in [6, 6.07) is 4.72. The van der Waals surface area contributed by atoms with Crippen LogP contribution in [0.4, 0.5) is 0 Å². The molecule has 1 unspecified atom stereocenters. The lowest BCUT2D eigenvalue weighted by atomic mass is 10.0. The standard InChI is InChI=1S/C15H25NO4S/c1-10(2)20-14-8-7-13(9-11(14)3)21(18,19)16-15(5,6)12(4)17/h7-10,12,16-17H,1-6H3. The van der Waals surface area contributed by atoms with Crippen molar-refractivity contribution in [3.05, 3.63) is 23.8 Å². The SMILES string of the molecule is Cc1cc(S(=O)(=O)NC(C)(C)C(C)O)ccc1OC(C)C. The Hall–Kier alpha value is -1.11. The summed E-state index contributed by atoms with van der Waals surface area (Å²) in [4.78, 5) is 0.157. The van der Waals surface area contributed by atoms with E-state index in [1.165, 1.54) is 6.07 Å². The van der Waals surface area contributed by atoms with Crippen molar-refractivity contribution >= 4 is 10.0 Å². The molecule has 1 aromatic carbocycles.